The van der Waals surface area contributed by atoms with Crippen molar-refractivity contribution in [2.75, 3.05) is 12.3 Å². The highest BCUT2D eigenvalue weighted by atomic mass is 32.2. The number of thioether (sulfide) groups is 1. The molecule has 0 aliphatic carbocycles. The Bertz CT molecular complexity index is 485. The van der Waals surface area contributed by atoms with E-state index in [9.17, 15) is 0 Å². The predicted octanol–water partition coefficient (Wildman–Crippen LogP) is 3.41. The molecule has 0 atom stereocenters. The Hall–Kier alpha value is -1.32. The highest BCUT2D eigenvalue weighted by Gasteiger charge is 1.95. The molecule has 0 saturated heterocycles. The van der Waals surface area contributed by atoms with Crippen molar-refractivity contribution < 1.29 is 0 Å². The van der Waals surface area contributed by atoms with Crippen molar-refractivity contribution in [1.82, 2.24) is 10.3 Å². The molecule has 3 heteroatoms. The van der Waals surface area contributed by atoms with Crippen LogP contribution in [0, 0.1) is 6.92 Å². The van der Waals surface area contributed by atoms with Gasteiger partial charge in [0.25, 0.3) is 0 Å². The SMILES string of the molecule is Cc1cccc(CSCCNCc2ccccn2)c1. The standard InChI is InChI=1S/C16H20N2S/c1-14-5-4-6-15(11-14)13-19-10-9-17-12-16-7-2-3-8-18-16/h2-8,11,17H,9-10,12-13H2,1H3. The average molecular weight is 272 g/mol. The summed E-state index contributed by atoms with van der Waals surface area (Å²) in [5.41, 5.74) is 3.85. The van der Waals surface area contributed by atoms with Crippen LogP contribution in [0.3, 0.4) is 0 Å². The molecule has 0 fully saturated rings. The van der Waals surface area contributed by atoms with Gasteiger partial charge in [-0.2, -0.15) is 11.8 Å². The Morgan fingerprint density at radius 3 is 2.89 bits per heavy atom. The average Bonchev–Trinajstić information content (AvgIpc) is 2.44. The van der Waals surface area contributed by atoms with Gasteiger partial charge >= 0.3 is 0 Å². The van der Waals surface area contributed by atoms with Crippen LogP contribution < -0.4 is 5.32 Å². The molecule has 2 aromatic rings. The van der Waals surface area contributed by atoms with Crippen molar-refractivity contribution in [3.8, 4) is 0 Å². The summed E-state index contributed by atoms with van der Waals surface area (Å²) in [4.78, 5) is 4.28. The Labute approximate surface area is 119 Å². The van der Waals surface area contributed by atoms with Gasteiger partial charge in [0.05, 0.1) is 5.69 Å². The van der Waals surface area contributed by atoms with Crippen molar-refractivity contribution in [2.24, 2.45) is 0 Å². The number of pyridine rings is 1. The number of hydrogen-bond acceptors (Lipinski definition) is 3. The summed E-state index contributed by atoms with van der Waals surface area (Å²) in [5.74, 6) is 2.22. The van der Waals surface area contributed by atoms with Crippen LogP contribution in [0.15, 0.2) is 48.7 Å². The zero-order valence-corrected chi connectivity index (χ0v) is 12.1. The molecule has 0 unspecified atom stereocenters. The van der Waals surface area contributed by atoms with Gasteiger partial charge in [-0.15, -0.1) is 0 Å². The smallest absolute Gasteiger partial charge is 0.0541 e. The molecule has 1 aromatic heterocycles. The van der Waals surface area contributed by atoms with Gasteiger partial charge in [-0.25, -0.2) is 0 Å². The summed E-state index contributed by atoms with van der Waals surface area (Å²) < 4.78 is 0. The molecule has 2 rings (SSSR count). The van der Waals surface area contributed by atoms with E-state index in [0.717, 1.165) is 30.3 Å². The molecular weight excluding hydrogens is 252 g/mol. The number of aryl methyl sites for hydroxylation is 1. The van der Waals surface area contributed by atoms with Gasteiger partial charge in [0.2, 0.25) is 0 Å². The van der Waals surface area contributed by atoms with E-state index in [-0.39, 0.29) is 0 Å². The highest BCUT2D eigenvalue weighted by Crippen LogP contribution is 2.12. The van der Waals surface area contributed by atoms with Gasteiger partial charge in [-0.3, -0.25) is 4.98 Å². The Morgan fingerprint density at radius 2 is 2.11 bits per heavy atom. The van der Waals surface area contributed by atoms with Crippen molar-refractivity contribution >= 4 is 11.8 Å². The van der Waals surface area contributed by atoms with Gasteiger partial charge in [0.1, 0.15) is 0 Å². The topological polar surface area (TPSA) is 24.9 Å². The van der Waals surface area contributed by atoms with Crippen molar-refractivity contribution in [3.05, 3.63) is 65.5 Å². The van der Waals surface area contributed by atoms with E-state index >= 15 is 0 Å². The molecule has 0 radical (unpaired) electrons. The molecule has 0 spiro atoms. The molecule has 2 nitrogen and oxygen atoms in total. The second-order valence-corrected chi connectivity index (χ2v) is 5.64. The number of nitrogens with one attached hydrogen (secondary N) is 1. The molecule has 1 heterocycles. The highest BCUT2D eigenvalue weighted by molar-refractivity contribution is 7.98. The second-order valence-electron chi connectivity index (χ2n) is 4.54. The third kappa shape index (κ3) is 5.45. The Kier molecular flexibility index (Phi) is 5.92. The minimum Gasteiger partial charge on any atom is -0.310 e. The fraction of sp³-hybridized carbons (Fsp3) is 0.312. The van der Waals surface area contributed by atoms with E-state index in [4.69, 9.17) is 0 Å². The first-order chi connectivity index (χ1) is 9.34. The third-order valence-electron chi connectivity index (χ3n) is 2.81. The quantitative estimate of drug-likeness (QED) is 0.782. The summed E-state index contributed by atoms with van der Waals surface area (Å²) in [6.45, 7) is 4.02. The van der Waals surface area contributed by atoms with Gasteiger partial charge in [-0.1, -0.05) is 35.9 Å². The first-order valence-electron chi connectivity index (χ1n) is 6.58. The zero-order chi connectivity index (χ0) is 13.3. The minimum atomic E-state index is 0.853. The maximum Gasteiger partial charge on any atom is 0.0541 e. The van der Waals surface area contributed by atoms with Crippen LogP contribution in [0.4, 0.5) is 0 Å². The van der Waals surface area contributed by atoms with Crippen LogP contribution in [0.5, 0.6) is 0 Å². The Balaban J connectivity index is 1.58. The van der Waals surface area contributed by atoms with E-state index in [1.54, 1.807) is 0 Å². The summed E-state index contributed by atoms with van der Waals surface area (Å²) in [5, 5.41) is 3.42. The van der Waals surface area contributed by atoms with Crippen LogP contribution in [0.2, 0.25) is 0 Å². The molecule has 1 aromatic carbocycles. The lowest BCUT2D eigenvalue weighted by Gasteiger charge is -2.05. The number of hydrogen-bond donors (Lipinski definition) is 1. The third-order valence-corrected chi connectivity index (χ3v) is 3.84. The normalized spacial score (nSPS) is 10.6. The summed E-state index contributed by atoms with van der Waals surface area (Å²) >= 11 is 1.97. The molecule has 0 saturated carbocycles. The van der Waals surface area contributed by atoms with Crippen LogP contribution >= 0.6 is 11.8 Å². The maximum atomic E-state index is 4.28. The van der Waals surface area contributed by atoms with E-state index < -0.39 is 0 Å². The van der Waals surface area contributed by atoms with Gasteiger partial charge in [-0.05, 0) is 24.6 Å². The Morgan fingerprint density at radius 1 is 1.16 bits per heavy atom. The van der Waals surface area contributed by atoms with E-state index in [2.05, 4.69) is 41.5 Å². The number of nitrogens with zero attached hydrogens (tertiary/aromatic N) is 1. The molecule has 0 aliphatic heterocycles. The maximum absolute atomic E-state index is 4.28. The largest absolute Gasteiger partial charge is 0.310 e. The molecule has 1 N–H and O–H groups in total. The van der Waals surface area contributed by atoms with Gasteiger partial charge in [0, 0.05) is 30.8 Å². The lowest BCUT2D eigenvalue weighted by Crippen LogP contribution is -2.17. The first-order valence-corrected chi connectivity index (χ1v) is 7.74. The van der Waals surface area contributed by atoms with Crippen molar-refractivity contribution in [2.45, 2.75) is 19.2 Å². The fourth-order valence-corrected chi connectivity index (χ4v) is 2.70. The lowest BCUT2D eigenvalue weighted by molar-refractivity contribution is 0.715. The number of aromatic nitrogens is 1. The van der Waals surface area contributed by atoms with Crippen LogP contribution in [-0.2, 0) is 12.3 Å². The molecule has 100 valence electrons. The van der Waals surface area contributed by atoms with Crippen molar-refractivity contribution in [3.63, 3.8) is 0 Å². The van der Waals surface area contributed by atoms with Crippen LogP contribution in [-0.4, -0.2) is 17.3 Å². The molecule has 0 bridgehead atoms. The molecule has 19 heavy (non-hydrogen) atoms. The summed E-state index contributed by atoms with van der Waals surface area (Å²) in [7, 11) is 0. The monoisotopic (exact) mass is 272 g/mol. The minimum absolute atomic E-state index is 0.853. The fourth-order valence-electron chi connectivity index (χ4n) is 1.86. The molecule has 0 aliphatic rings. The summed E-state index contributed by atoms with van der Waals surface area (Å²) in [6, 6.07) is 14.7. The van der Waals surface area contributed by atoms with E-state index in [1.807, 2.05) is 36.2 Å². The molecular formula is C16H20N2S. The van der Waals surface area contributed by atoms with Crippen LogP contribution in [0.25, 0.3) is 0 Å². The van der Waals surface area contributed by atoms with Crippen molar-refractivity contribution in [1.29, 1.82) is 0 Å². The summed E-state index contributed by atoms with van der Waals surface area (Å²) in [6.07, 6.45) is 1.84. The van der Waals surface area contributed by atoms with E-state index in [1.165, 1.54) is 11.1 Å². The zero-order valence-electron chi connectivity index (χ0n) is 11.3. The second kappa shape index (κ2) is 7.97. The number of rotatable bonds is 7. The lowest BCUT2D eigenvalue weighted by atomic mass is 10.2. The van der Waals surface area contributed by atoms with E-state index in [0.29, 0.717) is 0 Å². The first kappa shape index (κ1) is 14.1. The number of benzene rings is 1. The van der Waals surface area contributed by atoms with Gasteiger partial charge < -0.3 is 5.32 Å². The van der Waals surface area contributed by atoms with Crippen LogP contribution in [0.1, 0.15) is 16.8 Å². The molecule has 0 amide bonds. The predicted molar refractivity (Wildman–Crippen MR) is 83.3 cm³/mol. The van der Waals surface area contributed by atoms with Gasteiger partial charge in [0.15, 0.2) is 0 Å².